The monoisotopic (exact) mass is 271 g/mol. The van der Waals surface area contributed by atoms with Gasteiger partial charge < -0.3 is 15.2 Å². The smallest absolute Gasteiger partial charge is 0.122 e. The molecule has 2 aromatic carbocycles. The zero-order valence-electron chi connectivity index (χ0n) is 12.2. The third-order valence-corrected chi connectivity index (χ3v) is 3.34. The van der Waals surface area contributed by atoms with Gasteiger partial charge >= 0.3 is 0 Å². The first-order valence-corrected chi connectivity index (χ1v) is 6.78. The molecule has 0 fully saturated rings. The molecule has 2 aromatic rings. The first-order valence-electron chi connectivity index (χ1n) is 6.78. The maximum atomic E-state index is 9.72. The fourth-order valence-electron chi connectivity index (χ4n) is 2.24. The van der Waals surface area contributed by atoms with Crippen molar-refractivity contribution in [3.8, 4) is 11.5 Å². The van der Waals surface area contributed by atoms with E-state index in [4.69, 9.17) is 4.74 Å². The van der Waals surface area contributed by atoms with Gasteiger partial charge in [0.2, 0.25) is 0 Å². The van der Waals surface area contributed by atoms with Gasteiger partial charge in [0.15, 0.2) is 0 Å². The van der Waals surface area contributed by atoms with E-state index in [1.807, 2.05) is 37.3 Å². The number of rotatable bonds is 5. The molecule has 0 bridgehead atoms. The van der Waals surface area contributed by atoms with Crippen molar-refractivity contribution in [3.63, 3.8) is 0 Å². The van der Waals surface area contributed by atoms with E-state index in [1.54, 1.807) is 13.2 Å². The summed E-state index contributed by atoms with van der Waals surface area (Å²) in [5.74, 6) is 1.23. The second-order valence-corrected chi connectivity index (χ2v) is 5.06. The number of hydrogen-bond donors (Lipinski definition) is 2. The van der Waals surface area contributed by atoms with Crippen molar-refractivity contribution in [2.24, 2.45) is 0 Å². The molecule has 3 heteroatoms. The minimum atomic E-state index is 0.244. The van der Waals surface area contributed by atoms with Gasteiger partial charge in [0, 0.05) is 17.8 Å². The van der Waals surface area contributed by atoms with Crippen LogP contribution in [-0.4, -0.2) is 18.3 Å². The van der Waals surface area contributed by atoms with Crippen LogP contribution in [0.1, 0.15) is 18.1 Å². The minimum Gasteiger partial charge on any atom is -0.508 e. The maximum Gasteiger partial charge on any atom is 0.122 e. The van der Waals surface area contributed by atoms with Crippen LogP contribution < -0.4 is 10.1 Å². The first kappa shape index (κ1) is 14.3. The lowest BCUT2D eigenvalue weighted by Crippen LogP contribution is -2.18. The van der Waals surface area contributed by atoms with Crippen LogP contribution >= 0.6 is 0 Å². The molecule has 0 saturated carbocycles. The number of phenols is 1. The number of anilines is 1. The van der Waals surface area contributed by atoms with Crippen LogP contribution in [0.15, 0.2) is 42.5 Å². The zero-order valence-corrected chi connectivity index (χ0v) is 12.2. The second kappa shape index (κ2) is 6.33. The largest absolute Gasteiger partial charge is 0.508 e. The lowest BCUT2D eigenvalue weighted by Gasteiger charge is -2.17. The Labute approximate surface area is 120 Å². The zero-order chi connectivity index (χ0) is 14.5. The Bertz CT molecular complexity index is 581. The van der Waals surface area contributed by atoms with Gasteiger partial charge in [-0.15, -0.1) is 0 Å². The van der Waals surface area contributed by atoms with Gasteiger partial charge in [-0.25, -0.2) is 0 Å². The number of para-hydroxylation sites is 1. The van der Waals surface area contributed by atoms with E-state index in [0.29, 0.717) is 5.75 Å². The molecule has 1 atom stereocenters. The average molecular weight is 271 g/mol. The number of methoxy groups -OCH3 is 1. The molecule has 0 spiro atoms. The molecular formula is C17H21NO2. The van der Waals surface area contributed by atoms with E-state index in [9.17, 15) is 5.11 Å². The van der Waals surface area contributed by atoms with Crippen LogP contribution in [0.25, 0.3) is 0 Å². The predicted octanol–water partition coefficient (Wildman–Crippen LogP) is 3.75. The highest BCUT2D eigenvalue weighted by molar-refractivity contribution is 5.51. The highest BCUT2D eigenvalue weighted by atomic mass is 16.5. The topological polar surface area (TPSA) is 41.5 Å². The van der Waals surface area contributed by atoms with Crippen LogP contribution in [0.5, 0.6) is 11.5 Å². The Morgan fingerprint density at radius 1 is 1.20 bits per heavy atom. The maximum absolute atomic E-state index is 9.72. The molecule has 2 rings (SSSR count). The SMILES string of the molecule is COc1ccccc1CC(C)Nc1ccc(C)c(O)c1. The average Bonchev–Trinajstić information content (AvgIpc) is 2.43. The Hall–Kier alpha value is -2.16. The normalized spacial score (nSPS) is 11.9. The van der Waals surface area contributed by atoms with Crippen LogP contribution in [0.2, 0.25) is 0 Å². The Kier molecular flexibility index (Phi) is 4.51. The van der Waals surface area contributed by atoms with E-state index in [-0.39, 0.29) is 6.04 Å². The first-order chi connectivity index (χ1) is 9.60. The van der Waals surface area contributed by atoms with Crippen molar-refractivity contribution >= 4 is 5.69 Å². The number of aromatic hydroxyl groups is 1. The lowest BCUT2D eigenvalue weighted by atomic mass is 10.1. The minimum absolute atomic E-state index is 0.244. The van der Waals surface area contributed by atoms with Crippen LogP contribution in [0.3, 0.4) is 0 Å². The van der Waals surface area contributed by atoms with Gasteiger partial charge in [0.1, 0.15) is 11.5 Å². The fraction of sp³-hybridized carbons (Fsp3) is 0.294. The summed E-state index contributed by atoms with van der Waals surface area (Å²) in [5, 5.41) is 13.1. The van der Waals surface area contributed by atoms with Gasteiger partial charge in [-0.2, -0.15) is 0 Å². The van der Waals surface area contributed by atoms with E-state index in [0.717, 1.165) is 23.4 Å². The summed E-state index contributed by atoms with van der Waals surface area (Å²) >= 11 is 0. The number of benzene rings is 2. The summed E-state index contributed by atoms with van der Waals surface area (Å²) in [6, 6.07) is 13.9. The van der Waals surface area contributed by atoms with E-state index >= 15 is 0 Å². The molecule has 0 aliphatic rings. The third-order valence-electron chi connectivity index (χ3n) is 3.34. The summed E-state index contributed by atoms with van der Waals surface area (Å²) in [4.78, 5) is 0. The molecule has 0 aromatic heterocycles. The molecule has 0 aliphatic carbocycles. The van der Waals surface area contributed by atoms with Gasteiger partial charge in [-0.1, -0.05) is 24.3 Å². The standard InChI is InChI=1S/C17H21NO2/c1-12-8-9-15(11-16(12)19)18-13(2)10-14-6-4-5-7-17(14)20-3/h4-9,11,13,18-19H,10H2,1-3H3. The van der Waals surface area contributed by atoms with Crippen molar-refractivity contribution < 1.29 is 9.84 Å². The molecule has 0 amide bonds. The van der Waals surface area contributed by atoms with Crippen LogP contribution in [0, 0.1) is 6.92 Å². The summed E-state index contributed by atoms with van der Waals surface area (Å²) in [6.07, 6.45) is 0.860. The summed E-state index contributed by atoms with van der Waals surface area (Å²) in [7, 11) is 1.69. The van der Waals surface area contributed by atoms with Gasteiger partial charge in [-0.05, 0) is 43.5 Å². The Balaban J connectivity index is 2.05. The molecule has 1 unspecified atom stereocenters. The quantitative estimate of drug-likeness (QED) is 0.870. The highest BCUT2D eigenvalue weighted by Crippen LogP contribution is 2.23. The van der Waals surface area contributed by atoms with E-state index in [1.165, 1.54) is 5.56 Å². The second-order valence-electron chi connectivity index (χ2n) is 5.06. The number of hydrogen-bond acceptors (Lipinski definition) is 3. The molecule has 0 aliphatic heterocycles. The van der Waals surface area contributed by atoms with E-state index < -0.39 is 0 Å². The summed E-state index contributed by atoms with van der Waals surface area (Å²) < 4.78 is 5.36. The molecule has 2 N–H and O–H groups in total. The molecule has 0 saturated heterocycles. The number of phenolic OH excluding ortho intramolecular Hbond substituents is 1. The van der Waals surface area contributed by atoms with E-state index in [2.05, 4.69) is 18.3 Å². The fourth-order valence-corrected chi connectivity index (χ4v) is 2.24. The lowest BCUT2D eigenvalue weighted by molar-refractivity contribution is 0.409. The van der Waals surface area contributed by atoms with Gasteiger partial charge in [0.05, 0.1) is 7.11 Å². The van der Waals surface area contributed by atoms with Crippen molar-refractivity contribution in [3.05, 3.63) is 53.6 Å². The van der Waals surface area contributed by atoms with Crippen LogP contribution in [0.4, 0.5) is 5.69 Å². The number of ether oxygens (including phenoxy) is 1. The Morgan fingerprint density at radius 3 is 2.65 bits per heavy atom. The van der Waals surface area contributed by atoms with Crippen molar-refractivity contribution in [1.82, 2.24) is 0 Å². The highest BCUT2D eigenvalue weighted by Gasteiger charge is 2.08. The predicted molar refractivity (Wildman–Crippen MR) is 82.6 cm³/mol. The van der Waals surface area contributed by atoms with Crippen molar-refractivity contribution in [2.75, 3.05) is 12.4 Å². The molecule has 106 valence electrons. The van der Waals surface area contributed by atoms with Gasteiger partial charge in [0.25, 0.3) is 0 Å². The summed E-state index contributed by atoms with van der Waals surface area (Å²) in [6.45, 7) is 4.00. The third kappa shape index (κ3) is 3.44. The van der Waals surface area contributed by atoms with Crippen LogP contribution in [-0.2, 0) is 6.42 Å². The molecule has 0 heterocycles. The number of aryl methyl sites for hydroxylation is 1. The molecular weight excluding hydrogens is 250 g/mol. The molecule has 0 radical (unpaired) electrons. The summed E-state index contributed by atoms with van der Waals surface area (Å²) in [5.41, 5.74) is 2.98. The number of nitrogens with one attached hydrogen (secondary N) is 1. The van der Waals surface area contributed by atoms with Crippen molar-refractivity contribution in [2.45, 2.75) is 26.3 Å². The van der Waals surface area contributed by atoms with Gasteiger partial charge in [-0.3, -0.25) is 0 Å². The molecule has 20 heavy (non-hydrogen) atoms. The Morgan fingerprint density at radius 2 is 1.95 bits per heavy atom. The van der Waals surface area contributed by atoms with Crippen molar-refractivity contribution in [1.29, 1.82) is 0 Å². The molecule has 3 nitrogen and oxygen atoms in total.